The lowest BCUT2D eigenvalue weighted by Gasteiger charge is -2.65. The summed E-state index contributed by atoms with van der Waals surface area (Å²) in [7, 11) is 0. The van der Waals surface area contributed by atoms with Crippen molar-refractivity contribution in [3.05, 3.63) is 83.9 Å². The third-order valence-electron chi connectivity index (χ3n) is 18.8. The second-order valence-corrected chi connectivity index (χ2v) is 19.5. The quantitative estimate of drug-likeness (QED) is 0.263. The zero-order valence-electron chi connectivity index (χ0n) is 29.2. The summed E-state index contributed by atoms with van der Waals surface area (Å²) in [6.45, 7) is 0. The summed E-state index contributed by atoms with van der Waals surface area (Å²) in [6, 6.07) is 29.3. The van der Waals surface area contributed by atoms with Crippen LogP contribution in [0.2, 0.25) is 0 Å². The van der Waals surface area contributed by atoms with E-state index in [4.69, 9.17) is 0 Å². The third-order valence-corrected chi connectivity index (χ3v) is 18.8. The van der Waals surface area contributed by atoms with Gasteiger partial charge in [-0.1, -0.05) is 85.6 Å². The largest absolute Gasteiger partial charge is 0.0622 e. The van der Waals surface area contributed by atoms with Crippen molar-refractivity contribution in [2.75, 3.05) is 0 Å². The molecule has 9 aliphatic rings. The summed E-state index contributed by atoms with van der Waals surface area (Å²) in [5, 5.41) is 2.92. The molecule has 0 aliphatic heterocycles. The Balaban J connectivity index is 1.01. The van der Waals surface area contributed by atoms with Crippen molar-refractivity contribution in [1.29, 1.82) is 0 Å². The van der Waals surface area contributed by atoms with Gasteiger partial charge in [-0.25, -0.2) is 0 Å². The van der Waals surface area contributed by atoms with Crippen LogP contribution in [-0.2, 0) is 0 Å². The average Bonchev–Trinajstić information content (AvgIpc) is 3.73. The van der Waals surface area contributed by atoms with Gasteiger partial charge in [0.05, 0.1) is 0 Å². The number of hydrogen-bond acceptors (Lipinski definition) is 0. The van der Waals surface area contributed by atoms with Gasteiger partial charge in [0.1, 0.15) is 0 Å². The molecule has 0 radical (unpaired) electrons. The Labute approximate surface area is 290 Å². The topological polar surface area (TPSA) is 0 Å². The second-order valence-electron chi connectivity index (χ2n) is 19.5. The van der Waals surface area contributed by atoms with Crippen LogP contribution in [0.3, 0.4) is 0 Å². The smallest absolute Gasteiger partial charge is 0.00965 e. The van der Waals surface area contributed by atoms with Gasteiger partial charge in [0.15, 0.2) is 0 Å². The van der Waals surface area contributed by atoms with Crippen molar-refractivity contribution in [1.82, 2.24) is 0 Å². The van der Waals surface area contributed by atoms with E-state index in [1.807, 2.05) is 0 Å². The molecule has 18 atom stereocenters. The van der Waals surface area contributed by atoms with Gasteiger partial charge < -0.3 is 0 Å². The van der Waals surface area contributed by atoms with E-state index in [-0.39, 0.29) is 0 Å². The van der Waals surface area contributed by atoms with Crippen molar-refractivity contribution in [3.63, 3.8) is 0 Å². The van der Waals surface area contributed by atoms with Crippen LogP contribution in [0.4, 0.5) is 0 Å². The summed E-state index contributed by atoms with van der Waals surface area (Å²) in [5.74, 6) is 18.1. The van der Waals surface area contributed by atoms with Crippen LogP contribution in [0.25, 0.3) is 10.8 Å². The van der Waals surface area contributed by atoms with E-state index in [0.29, 0.717) is 0 Å². The van der Waals surface area contributed by atoms with Gasteiger partial charge in [0.25, 0.3) is 0 Å². The van der Waals surface area contributed by atoms with Crippen LogP contribution in [0.5, 0.6) is 0 Å². The van der Waals surface area contributed by atoms with E-state index in [1.165, 1.54) is 36.5 Å². The fourth-order valence-electron chi connectivity index (χ4n) is 18.1. The van der Waals surface area contributed by atoms with Crippen molar-refractivity contribution in [2.45, 2.75) is 102 Å². The fraction of sp³-hybridized carbons (Fsp3) is 0.667. The van der Waals surface area contributed by atoms with Crippen LogP contribution in [-0.4, -0.2) is 0 Å². The van der Waals surface area contributed by atoms with E-state index in [9.17, 15) is 0 Å². The molecule has 3 aromatic rings. The molecule has 0 aromatic heterocycles. The SMILES string of the molecule is c1ccc(C2C3CCCCC3C(c3ccc4ccccc4c3)C3C4CCC5C6CCC7CCC8CCC(C9CCC(C4C95)C23)C6C87)cc1. The molecule has 9 fully saturated rings. The van der Waals surface area contributed by atoms with E-state index in [1.54, 1.807) is 75.3 Å². The Kier molecular flexibility index (Phi) is 6.39. The van der Waals surface area contributed by atoms with E-state index in [2.05, 4.69) is 72.8 Å². The number of fused-ring (bicyclic) bond motifs is 7. The summed E-state index contributed by atoms with van der Waals surface area (Å²) in [5.41, 5.74) is 3.48. The van der Waals surface area contributed by atoms with Crippen LogP contribution in [0.15, 0.2) is 72.8 Å². The molecule has 0 N–H and O–H groups in total. The Bertz CT molecular complexity index is 1660. The van der Waals surface area contributed by atoms with Crippen LogP contribution in [0.1, 0.15) is 113 Å². The molecule has 3 aromatic carbocycles. The van der Waals surface area contributed by atoms with E-state index < -0.39 is 0 Å². The summed E-state index contributed by atoms with van der Waals surface area (Å²) < 4.78 is 0. The Hall–Kier alpha value is -2.08. The van der Waals surface area contributed by atoms with E-state index in [0.717, 1.165) is 107 Å². The first-order valence-electron chi connectivity index (χ1n) is 21.4. The molecule has 0 heteroatoms. The number of hydrogen-bond donors (Lipinski definition) is 0. The molecule has 0 spiro atoms. The molecule has 0 heterocycles. The highest BCUT2D eigenvalue weighted by molar-refractivity contribution is 5.83. The van der Waals surface area contributed by atoms with Gasteiger partial charge in [-0.05, 0) is 205 Å². The summed E-state index contributed by atoms with van der Waals surface area (Å²) in [6.07, 6.45) is 21.9. The Morgan fingerprint density at radius 1 is 0.312 bits per heavy atom. The second kappa shape index (κ2) is 10.7. The highest BCUT2D eigenvalue weighted by Crippen LogP contribution is 2.76. The lowest BCUT2D eigenvalue weighted by atomic mass is 9.40. The van der Waals surface area contributed by atoms with Gasteiger partial charge in [0, 0.05) is 0 Å². The van der Waals surface area contributed by atoms with Crippen molar-refractivity contribution < 1.29 is 0 Å². The molecule has 12 rings (SSSR count). The van der Waals surface area contributed by atoms with Crippen molar-refractivity contribution in [3.8, 4) is 0 Å². The lowest BCUT2D eigenvalue weighted by molar-refractivity contribution is -0.169. The Morgan fingerprint density at radius 2 is 0.792 bits per heavy atom. The maximum absolute atomic E-state index is 2.70. The summed E-state index contributed by atoms with van der Waals surface area (Å²) in [4.78, 5) is 0. The predicted molar refractivity (Wildman–Crippen MR) is 196 cm³/mol. The highest BCUT2D eigenvalue weighted by Gasteiger charge is 2.70. The Morgan fingerprint density at radius 3 is 1.44 bits per heavy atom. The maximum atomic E-state index is 2.70. The zero-order valence-corrected chi connectivity index (χ0v) is 29.2. The van der Waals surface area contributed by atoms with Crippen molar-refractivity contribution >= 4 is 10.8 Å². The van der Waals surface area contributed by atoms with Gasteiger partial charge in [0.2, 0.25) is 0 Å². The first-order chi connectivity index (χ1) is 23.8. The molecule has 0 bridgehead atoms. The standard InChI is InChI=1S/C48H58/c1-2-9-28(10-3-1)42-33-12-6-7-13-34(33)43(32-17-14-27-8-4-5-11-31(27)26-32)48-40-25-23-38-36-21-19-30-16-15-29-18-20-35(44(36)41(29)30)37-22-24-39(47(42)48)46(40)45(37)38/h1-5,8-11,14,17,26,29-30,33-48H,6-7,12-13,15-16,18-25H2. The minimum atomic E-state index is 0.774. The fourth-order valence-corrected chi connectivity index (χ4v) is 18.1. The molecule has 0 nitrogen and oxygen atoms in total. The normalized spacial score (nSPS) is 51.0. The van der Waals surface area contributed by atoms with Crippen LogP contribution in [0, 0.1) is 94.7 Å². The molecular formula is C48H58. The van der Waals surface area contributed by atoms with Crippen molar-refractivity contribution in [2.24, 2.45) is 94.7 Å². The highest BCUT2D eigenvalue weighted by atomic mass is 14.7. The molecule has 0 saturated heterocycles. The zero-order chi connectivity index (χ0) is 31.1. The average molecular weight is 635 g/mol. The molecule has 0 amide bonds. The van der Waals surface area contributed by atoms with Gasteiger partial charge in [-0.2, -0.15) is 0 Å². The first kappa shape index (κ1) is 28.6. The van der Waals surface area contributed by atoms with Gasteiger partial charge >= 0.3 is 0 Å². The monoisotopic (exact) mass is 634 g/mol. The molecule has 48 heavy (non-hydrogen) atoms. The van der Waals surface area contributed by atoms with Gasteiger partial charge in [-0.3, -0.25) is 0 Å². The number of benzene rings is 3. The molecule has 18 unspecified atom stereocenters. The summed E-state index contributed by atoms with van der Waals surface area (Å²) >= 11 is 0. The first-order valence-corrected chi connectivity index (χ1v) is 21.4. The molecule has 9 aliphatic carbocycles. The van der Waals surface area contributed by atoms with Gasteiger partial charge in [-0.15, -0.1) is 0 Å². The third kappa shape index (κ3) is 3.80. The predicted octanol–water partition coefficient (Wildman–Crippen LogP) is 12.2. The lowest BCUT2D eigenvalue weighted by Crippen LogP contribution is -2.59. The molecule has 9 saturated carbocycles. The van der Waals surface area contributed by atoms with Crippen LogP contribution < -0.4 is 0 Å². The minimum absolute atomic E-state index is 0.774. The van der Waals surface area contributed by atoms with E-state index >= 15 is 0 Å². The van der Waals surface area contributed by atoms with Crippen LogP contribution >= 0.6 is 0 Å². The minimum Gasteiger partial charge on any atom is -0.0622 e. The molecule has 250 valence electrons. The maximum Gasteiger partial charge on any atom is -0.00965 e. The molecular weight excluding hydrogens is 577 g/mol. The number of rotatable bonds is 2.